The van der Waals surface area contributed by atoms with Crippen molar-refractivity contribution in [2.24, 2.45) is 0 Å². The second-order valence-electron chi connectivity index (χ2n) is 6.37. The Morgan fingerprint density at radius 3 is 2.60 bits per heavy atom. The highest BCUT2D eigenvalue weighted by atomic mass is 16.3. The Hall–Kier alpha value is -2.09. The summed E-state index contributed by atoms with van der Waals surface area (Å²) in [5, 5.41) is 1.04. The van der Waals surface area contributed by atoms with Gasteiger partial charge in [0, 0.05) is 23.2 Å². The third-order valence-corrected chi connectivity index (χ3v) is 3.58. The van der Waals surface area contributed by atoms with Crippen LogP contribution in [0, 0.1) is 6.92 Å². The smallest absolute Gasteiger partial charge is 0.137 e. The van der Waals surface area contributed by atoms with Gasteiger partial charge in [-0.05, 0) is 36.1 Å². The Labute approximate surface area is 119 Å². The van der Waals surface area contributed by atoms with Gasteiger partial charge in [0.05, 0.1) is 12.0 Å². The van der Waals surface area contributed by atoms with Crippen molar-refractivity contribution in [1.29, 1.82) is 0 Å². The van der Waals surface area contributed by atoms with Crippen molar-refractivity contribution in [3.05, 3.63) is 53.9 Å². The molecule has 0 fully saturated rings. The molecule has 0 saturated carbocycles. The van der Waals surface area contributed by atoms with Crippen LogP contribution in [0.25, 0.3) is 22.2 Å². The number of aromatic nitrogens is 1. The molecule has 0 N–H and O–H groups in total. The summed E-state index contributed by atoms with van der Waals surface area (Å²) in [5.74, 6) is 0. The molecule has 102 valence electrons. The normalized spacial score (nSPS) is 12.0. The molecule has 3 rings (SSSR count). The van der Waals surface area contributed by atoms with Gasteiger partial charge in [-0.1, -0.05) is 32.4 Å². The van der Waals surface area contributed by atoms with Gasteiger partial charge in [-0.2, -0.15) is 0 Å². The van der Waals surface area contributed by atoms with Gasteiger partial charge >= 0.3 is 0 Å². The molecule has 0 aliphatic rings. The van der Waals surface area contributed by atoms with E-state index in [0.717, 1.165) is 22.2 Å². The maximum atomic E-state index is 5.47. The van der Waals surface area contributed by atoms with Gasteiger partial charge in [0.15, 0.2) is 0 Å². The number of benzene rings is 1. The summed E-state index contributed by atoms with van der Waals surface area (Å²) in [4.78, 5) is 4.55. The fourth-order valence-corrected chi connectivity index (χ4v) is 2.38. The van der Waals surface area contributed by atoms with E-state index in [9.17, 15) is 0 Å². The SMILES string of the molecule is Cc1cc(-c2cc3occc3cn2)cc(C(C)(C)C)c1. The molecule has 0 radical (unpaired) electrons. The first kappa shape index (κ1) is 12.9. The Kier molecular flexibility index (Phi) is 2.89. The molecule has 0 bridgehead atoms. The molecule has 0 saturated heterocycles. The summed E-state index contributed by atoms with van der Waals surface area (Å²) >= 11 is 0. The number of pyridine rings is 1. The van der Waals surface area contributed by atoms with Crippen molar-refractivity contribution in [2.75, 3.05) is 0 Å². The molecule has 2 aromatic heterocycles. The molecule has 0 atom stereocenters. The Morgan fingerprint density at radius 2 is 1.85 bits per heavy atom. The summed E-state index contributed by atoms with van der Waals surface area (Å²) in [7, 11) is 0. The van der Waals surface area contributed by atoms with E-state index < -0.39 is 0 Å². The van der Waals surface area contributed by atoms with Gasteiger partial charge < -0.3 is 4.42 Å². The molecule has 2 nitrogen and oxygen atoms in total. The third kappa shape index (κ3) is 2.34. The zero-order valence-electron chi connectivity index (χ0n) is 12.4. The highest BCUT2D eigenvalue weighted by Gasteiger charge is 2.15. The fraction of sp³-hybridized carbons (Fsp3) is 0.278. The number of rotatable bonds is 1. The minimum Gasteiger partial charge on any atom is -0.464 e. The molecule has 1 aromatic carbocycles. The lowest BCUT2D eigenvalue weighted by atomic mass is 9.85. The van der Waals surface area contributed by atoms with Crippen LogP contribution in [-0.4, -0.2) is 4.98 Å². The molecule has 20 heavy (non-hydrogen) atoms. The Bertz CT molecular complexity index is 762. The quantitative estimate of drug-likeness (QED) is 0.611. The summed E-state index contributed by atoms with van der Waals surface area (Å²) in [5.41, 5.74) is 5.71. The predicted molar refractivity (Wildman–Crippen MR) is 82.9 cm³/mol. The fourth-order valence-electron chi connectivity index (χ4n) is 2.38. The van der Waals surface area contributed by atoms with Gasteiger partial charge in [0.1, 0.15) is 5.58 Å². The lowest BCUT2D eigenvalue weighted by Gasteiger charge is -2.20. The minimum atomic E-state index is 0.134. The van der Waals surface area contributed by atoms with E-state index in [-0.39, 0.29) is 5.41 Å². The van der Waals surface area contributed by atoms with Gasteiger partial charge in [-0.15, -0.1) is 0 Å². The van der Waals surface area contributed by atoms with E-state index in [1.54, 1.807) is 6.26 Å². The van der Waals surface area contributed by atoms with Crippen molar-refractivity contribution < 1.29 is 4.42 Å². The van der Waals surface area contributed by atoms with Crippen molar-refractivity contribution >= 4 is 11.0 Å². The summed E-state index contributed by atoms with van der Waals surface area (Å²) in [6.07, 6.45) is 3.57. The minimum absolute atomic E-state index is 0.134. The summed E-state index contributed by atoms with van der Waals surface area (Å²) in [6, 6.07) is 10.6. The lowest BCUT2D eigenvalue weighted by molar-refractivity contribution is 0.590. The second-order valence-corrected chi connectivity index (χ2v) is 6.37. The lowest BCUT2D eigenvalue weighted by Crippen LogP contribution is -2.11. The van der Waals surface area contributed by atoms with Crippen molar-refractivity contribution in [2.45, 2.75) is 33.1 Å². The summed E-state index contributed by atoms with van der Waals surface area (Å²) < 4.78 is 5.47. The van der Waals surface area contributed by atoms with E-state index >= 15 is 0 Å². The van der Waals surface area contributed by atoms with Crippen LogP contribution < -0.4 is 0 Å². The highest BCUT2D eigenvalue weighted by Crippen LogP contribution is 2.29. The van der Waals surface area contributed by atoms with Crippen LogP contribution in [-0.2, 0) is 5.41 Å². The highest BCUT2D eigenvalue weighted by molar-refractivity contribution is 5.80. The predicted octanol–water partition coefficient (Wildman–Crippen LogP) is 5.10. The third-order valence-electron chi connectivity index (χ3n) is 3.58. The number of aryl methyl sites for hydroxylation is 1. The van der Waals surface area contributed by atoms with E-state index in [1.807, 2.05) is 18.3 Å². The van der Waals surface area contributed by atoms with Gasteiger partial charge in [0.2, 0.25) is 0 Å². The molecule has 3 aromatic rings. The average Bonchev–Trinajstić information content (AvgIpc) is 2.84. The molecule has 0 amide bonds. The van der Waals surface area contributed by atoms with Gasteiger partial charge in [0.25, 0.3) is 0 Å². The van der Waals surface area contributed by atoms with E-state index in [2.05, 4.69) is 50.9 Å². The van der Waals surface area contributed by atoms with Crippen LogP contribution >= 0.6 is 0 Å². The topological polar surface area (TPSA) is 26.0 Å². The first-order chi connectivity index (χ1) is 9.43. The monoisotopic (exact) mass is 265 g/mol. The summed E-state index contributed by atoms with van der Waals surface area (Å²) in [6.45, 7) is 8.82. The average molecular weight is 265 g/mol. The maximum Gasteiger partial charge on any atom is 0.137 e. The number of nitrogens with zero attached hydrogens (tertiary/aromatic N) is 1. The second kappa shape index (κ2) is 4.48. The van der Waals surface area contributed by atoms with Crippen LogP contribution in [0.15, 0.2) is 47.2 Å². The van der Waals surface area contributed by atoms with E-state index in [4.69, 9.17) is 4.42 Å². The van der Waals surface area contributed by atoms with Gasteiger partial charge in [-0.25, -0.2) is 0 Å². The van der Waals surface area contributed by atoms with Gasteiger partial charge in [-0.3, -0.25) is 4.98 Å². The number of furan rings is 1. The molecule has 0 unspecified atom stereocenters. The molecule has 2 heteroatoms. The number of hydrogen-bond donors (Lipinski definition) is 0. The molecular weight excluding hydrogens is 246 g/mol. The van der Waals surface area contributed by atoms with E-state index in [0.29, 0.717) is 0 Å². The zero-order valence-corrected chi connectivity index (χ0v) is 12.4. The maximum absolute atomic E-state index is 5.47. The van der Waals surface area contributed by atoms with Crippen molar-refractivity contribution in [1.82, 2.24) is 4.98 Å². The Balaban J connectivity index is 2.15. The van der Waals surface area contributed by atoms with Crippen LogP contribution in [0.5, 0.6) is 0 Å². The van der Waals surface area contributed by atoms with Crippen LogP contribution in [0.2, 0.25) is 0 Å². The Morgan fingerprint density at radius 1 is 1.05 bits per heavy atom. The van der Waals surface area contributed by atoms with E-state index in [1.165, 1.54) is 11.1 Å². The van der Waals surface area contributed by atoms with Crippen molar-refractivity contribution in [3.8, 4) is 11.3 Å². The van der Waals surface area contributed by atoms with Crippen LogP contribution in [0.1, 0.15) is 31.9 Å². The molecule has 0 aliphatic carbocycles. The molecular formula is C18H19NO. The molecule has 2 heterocycles. The number of hydrogen-bond acceptors (Lipinski definition) is 2. The first-order valence-corrected chi connectivity index (χ1v) is 6.89. The van der Waals surface area contributed by atoms with Crippen LogP contribution in [0.4, 0.5) is 0 Å². The molecule has 0 spiro atoms. The van der Waals surface area contributed by atoms with Crippen LogP contribution in [0.3, 0.4) is 0 Å². The number of fused-ring (bicyclic) bond motifs is 1. The molecule has 0 aliphatic heterocycles. The zero-order chi connectivity index (χ0) is 14.3. The van der Waals surface area contributed by atoms with Crippen molar-refractivity contribution in [3.63, 3.8) is 0 Å². The standard InChI is InChI=1S/C18H19NO/c1-12-7-14(9-15(8-12)18(2,3)4)16-10-17-13(11-19-16)5-6-20-17/h5-11H,1-4H3. The largest absolute Gasteiger partial charge is 0.464 e. The first-order valence-electron chi connectivity index (χ1n) is 6.89.